The zero-order chi connectivity index (χ0) is 14.5. The number of nitrogens with one attached hydrogen (secondary N) is 1. The van der Waals surface area contributed by atoms with E-state index in [9.17, 15) is 9.59 Å². The number of hydrogen-bond acceptors (Lipinski definition) is 3. The third-order valence-electron chi connectivity index (χ3n) is 2.78. The number of methoxy groups -OCH3 is 1. The zero-order valence-corrected chi connectivity index (χ0v) is 13.8. The molecule has 2 aromatic rings. The molecule has 1 aromatic heterocycles. The molecule has 5 nitrogen and oxygen atoms in total. The molecular weight excluding hydrogens is 383 g/mol. The van der Waals surface area contributed by atoms with E-state index in [2.05, 4.69) is 10.1 Å². The van der Waals surface area contributed by atoms with Crippen molar-refractivity contribution in [3.05, 3.63) is 59.9 Å². The van der Waals surface area contributed by atoms with Crippen LogP contribution < -0.4 is 33.9 Å². The normalized spacial score (nSPS) is 9.43. The van der Waals surface area contributed by atoms with Crippen molar-refractivity contribution in [2.24, 2.45) is 7.05 Å². The third kappa shape index (κ3) is 4.52. The number of benzene rings is 1. The van der Waals surface area contributed by atoms with Gasteiger partial charge >= 0.3 is 5.97 Å². The highest BCUT2D eigenvalue weighted by atomic mass is 127. The molecule has 2 rings (SSSR count). The Morgan fingerprint density at radius 1 is 1.10 bits per heavy atom. The fourth-order valence-corrected chi connectivity index (χ4v) is 1.70. The Morgan fingerprint density at radius 2 is 1.76 bits per heavy atom. The Morgan fingerprint density at radius 3 is 2.38 bits per heavy atom. The minimum atomic E-state index is -0.437. The van der Waals surface area contributed by atoms with Gasteiger partial charge in [-0.25, -0.2) is 9.36 Å². The van der Waals surface area contributed by atoms with Crippen molar-refractivity contribution in [3.8, 4) is 0 Å². The van der Waals surface area contributed by atoms with Crippen molar-refractivity contribution in [1.82, 2.24) is 0 Å². The van der Waals surface area contributed by atoms with E-state index < -0.39 is 5.97 Å². The van der Waals surface area contributed by atoms with Crippen LogP contribution in [0.1, 0.15) is 20.7 Å². The van der Waals surface area contributed by atoms with Crippen LogP contribution in [-0.4, -0.2) is 19.0 Å². The first-order valence-corrected chi connectivity index (χ1v) is 6.05. The summed E-state index contributed by atoms with van der Waals surface area (Å²) in [6.45, 7) is 0. The predicted octanol–water partition coefficient (Wildman–Crippen LogP) is -1.45. The summed E-state index contributed by atoms with van der Waals surface area (Å²) in [5, 5.41) is 2.74. The van der Waals surface area contributed by atoms with Gasteiger partial charge in [-0.15, -0.1) is 0 Å². The molecule has 0 saturated heterocycles. The van der Waals surface area contributed by atoms with Gasteiger partial charge in [0.25, 0.3) is 5.91 Å². The Balaban J connectivity index is 0.00000220. The molecule has 6 heteroatoms. The number of anilines is 1. The third-order valence-corrected chi connectivity index (χ3v) is 2.78. The van der Waals surface area contributed by atoms with Crippen LogP contribution >= 0.6 is 0 Å². The average Bonchev–Trinajstić information content (AvgIpc) is 2.47. The Bertz CT molecular complexity index is 642. The molecule has 0 aliphatic carbocycles. The van der Waals surface area contributed by atoms with Gasteiger partial charge in [0.05, 0.1) is 18.2 Å². The van der Waals surface area contributed by atoms with Crippen molar-refractivity contribution < 1.29 is 42.9 Å². The lowest BCUT2D eigenvalue weighted by Crippen LogP contribution is -3.00. The lowest BCUT2D eigenvalue weighted by Gasteiger charge is -2.06. The minimum Gasteiger partial charge on any atom is -1.00 e. The summed E-state index contributed by atoms with van der Waals surface area (Å²) in [7, 11) is 3.19. The summed E-state index contributed by atoms with van der Waals surface area (Å²) in [5.74, 6) is -0.666. The van der Waals surface area contributed by atoms with Crippen molar-refractivity contribution in [1.29, 1.82) is 0 Å². The lowest BCUT2D eigenvalue weighted by molar-refractivity contribution is -0.671. The number of carbonyl (C=O) groups is 2. The minimum absolute atomic E-state index is 0. The number of pyridine rings is 1. The molecule has 1 heterocycles. The Kier molecular flexibility index (Phi) is 6.29. The zero-order valence-electron chi connectivity index (χ0n) is 11.7. The van der Waals surface area contributed by atoms with Gasteiger partial charge in [0.1, 0.15) is 7.05 Å². The van der Waals surface area contributed by atoms with Crippen LogP contribution in [0.15, 0.2) is 48.8 Å². The van der Waals surface area contributed by atoms with Crippen LogP contribution in [0.3, 0.4) is 0 Å². The van der Waals surface area contributed by atoms with Crippen LogP contribution in [0, 0.1) is 0 Å². The quantitative estimate of drug-likeness (QED) is 0.391. The number of aryl methyl sites for hydroxylation is 1. The molecule has 1 aromatic carbocycles. The number of halogens is 1. The SMILES string of the molecule is COC(=O)c1cccc(NC(=O)c2cc[n+](C)cc2)c1.[I-]. The number of carbonyl (C=O) groups excluding carboxylic acids is 2. The molecule has 0 atom stereocenters. The predicted molar refractivity (Wildman–Crippen MR) is 73.4 cm³/mol. The molecule has 0 spiro atoms. The van der Waals surface area contributed by atoms with E-state index in [-0.39, 0.29) is 29.9 Å². The van der Waals surface area contributed by atoms with Gasteiger partial charge in [-0.1, -0.05) is 6.07 Å². The first-order chi connectivity index (χ1) is 9.60. The summed E-state index contributed by atoms with van der Waals surface area (Å²) in [6.07, 6.45) is 3.58. The molecule has 0 fully saturated rings. The highest BCUT2D eigenvalue weighted by molar-refractivity contribution is 6.04. The van der Waals surface area contributed by atoms with Crippen LogP contribution in [0.5, 0.6) is 0 Å². The first kappa shape index (κ1) is 17.1. The first-order valence-electron chi connectivity index (χ1n) is 6.05. The van der Waals surface area contributed by atoms with Crippen molar-refractivity contribution in [2.75, 3.05) is 12.4 Å². The van der Waals surface area contributed by atoms with Gasteiger partial charge in [-0.3, -0.25) is 4.79 Å². The largest absolute Gasteiger partial charge is 1.00 e. The van der Waals surface area contributed by atoms with E-state index in [1.165, 1.54) is 7.11 Å². The number of nitrogens with zero attached hydrogens (tertiary/aromatic N) is 1. The summed E-state index contributed by atoms with van der Waals surface area (Å²) >= 11 is 0. The van der Waals surface area contributed by atoms with E-state index in [0.29, 0.717) is 16.8 Å². The summed E-state index contributed by atoms with van der Waals surface area (Å²) in [6, 6.07) is 10.1. The van der Waals surface area contributed by atoms with Gasteiger partial charge < -0.3 is 34.0 Å². The summed E-state index contributed by atoms with van der Waals surface area (Å²) in [4.78, 5) is 23.5. The van der Waals surface area contributed by atoms with Gasteiger partial charge in [0, 0.05) is 17.8 Å². The maximum Gasteiger partial charge on any atom is 0.337 e. The molecule has 0 aliphatic rings. The van der Waals surface area contributed by atoms with Gasteiger partial charge in [0.15, 0.2) is 12.4 Å². The molecule has 110 valence electrons. The molecule has 0 aliphatic heterocycles. The van der Waals surface area contributed by atoms with Crippen LogP contribution in [-0.2, 0) is 11.8 Å². The second-order valence-electron chi connectivity index (χ2n) is 4.28. The molecule has 0 radical (unpaired) electrons. The van der Waals surface area contributed by atoms with Crippen molar-refractivity contribution in [3.63, 3.8) is 0 Å². The molecule has 1 amide bonds. The number of hydrogen-bond donors (Lipinski definition) is 1. The van der Waals surface area contributed by atoms with Gasteiger partial charge in [-0.05, 0) is 18.2 Å². The molecular formula is C15H15IN2O3. The van der Waals surface area contributed by atoms with Crippen LogP contribution in [0.4, 0.5) is 5.69 Å². The maximum atomic E-state index is 12.0. The smallest absolute Gasteiger partial charge is 0.337 e. The second-order valence-corrected chi connectivity index (χ2v) is 4.28. The fraction of sp³-hybridized carbons (Fsp3) is 0.133. The summed E-state index contributed by atoms with van der Waals surface area (Å²) < 4.78 is 6.48. The highest BCUT2D eigenvalue weighted by Gasteiger charge is 2.10. The molecule has 0 bridgehead atoms. The van der Waals surface area contributed by atoms with Gasteiger partial charge in [-0.2, -0.15) is 0 Å². The molecule has 0 unspecified atom stereocenters. The number of esters is 1. The maximum absolute atomic E-state index is 12.0. The molecule has 0 saturated carbocycles. The van der Waals surface area contributed by atoms with E-state index >= 15 is 0 Å². The average molecular weight is 398 g/mol. The van der Waals surface area contributed by atoms with Gasteiger partial charge in [0.2, 0.25) is 0 Å². The van der Waals surface area contributed by atoms with E-state index in [0.717, 1.165) is 0 Å². The number of rotatable bonds is 3. The summed E-state index contributed by atoms with van der Waals surface area (Å²) in [5.41, 5.74) is 1.49. The van der Waals surface area contributed by atoms with E-state index in [1.54, 1.807) is 48.8 Å². The van der Waals surface area contributed by atoms with E-state index in [4.69, 9.17) is 0 Å². The second kappa shape index (κ2) is 7.72. The number of ether oxygens (including phenoxy) is 1. The topological polar surface area (TPSA) is 59.3 Å². The molecule has 21 heavy (non-hydrogen) atoms. The Labute approximate surface area is 140 Å². The Hall–Kier alpha value is -1.96. The lowest BCUT2D eigenvalue weighted by atomic mass is 10.2. The fourth-order valence-electron chi connectivity index (χ4n) is 1.70. The van der Waals surface area contributed by atoms with Crippen molar-refractivity contribution >= 4 is 17.6 Å². The highest BCUT2D eigenvalue weighted by Crippen LogP contribution is 2.12. The number of aromatic nitrogens is 1. The van der Waals surface area contributed by atoms with Crippen LogP contribution in [0.25, 0.3) is 0 Å². The van der Waals surface area contributed by atoms with E-state index in [1.807, 2.05) is 11.6 Å². The molecule has 1 N–H and O–H groups in total. The van der Waals surface area contributed by atoms with Crippen molar-refractivity contribution in [2.45, 2.75) is 0 Å². The monoisotopic (exact) mass is 398 g/mol. The standard InChI is InChI=1S/C15H14N2O3.HI/c1-17-8-6-11(7-9-17)14(18)16-13-5-3-4-12(10-13)15(19)20-2;/h3-10H,1-2H3;1H. The van der Waals surface area contributed by atoms with Crippen LogP contribution in [0.2, 0.25) is 0 Å². The number of amides is 1.